The molecular weight excluding hydrogens is 230 g/mol. The summed E-state index contributed by atoms with van der Waals surface area (Å²) in [6, 6.07) is 0. The predicted octanol–water partition coefficient (Wildman–Crippen LogP) is 0.499. The van der Waals surface area contributed by atoms with Gasteiger partial charge in [-0.15, -0.1) is 5.10 Å². The van der Waals surface area contributed by atoms with E-state index in [9.17, 15) is 4.79 Å². The van der Waals surface area contributed by atoms with Crippen LogP contribution in [0, 0.1) is 5.92 Å². The average Bonchev–Trinajstić information content (AvgIpc) is 2.87. The normalized spacial score (nSPS) is 17.1. The largest absolute Gasteiger partial charge is 0.337 e. The number of carbonyl (C=O) groups is 1. The number of carbonyl (C=O) groups excluding carboxylic acids is 1. The second kappa shape index (κ2) is 5.95. The number of hydrogen-bond donors (Lipinski definition) is 1. The Morgan fingerprint density at radius 3 is 2.83 bits per heavy atom. The Labute approximate surface area is 107 Å². The molecule has 0 aliphatic carbocycles. The van der Waals surface area contributed by atoms with Crippen LogP contribution in [0.3, 0.4) is 0 Å². The van der Waals surface area contributed by atoms with E-state index in [1.54, 1.807) is 10.9 Å². The van der Waals surface area contributed by atoms with E-state index < -0.39 is 0 Å². The highest BCUT2D eigenvalue weighted by molar-refractivity contribution is 5.91. The highest BCUT2D eigenvalue weighted by Gasteiger charge is 2.24. The molecule has 2 N–H and O–H groups in total. The van der Waals surface area contributed by atoms with Gasteiger partial charge >= 0.3 is 0 Å². The zero-order valence-electron chi connectivity index (χ0n) is 10.9. The van der Waals surface area contributed by atoms with Gasteiger partial charge in [-0.2, -0.15) is 0 Å². The fraction of sp³-hybridized carbons (Fsp3) is 0.750. The lowest BCUT2D eigenvalue weighted by Crippen LogP contribution is -2.38. The highest BCUT2D eigenvalue weighted by atomic mass is 16.2. The van der Waals surface area contributed by atoms with Gasteiger partial charge in [0, 0.05) is 19.6 Å². The van der Waals surface area contributed by atoms with Crippen molar-refractivity contribution in [3.8, 4) is 0 Å². The zero-order chi connectivity index (χ0) is 13.0. The fourth-order valence-electron chi connectivity index (χ4n) is 2.34. The van der Waals surface area contributed by atoms with Gasteiger partial charge in [0.2, 0.25) is 0 Å². The Kier molecular flexibility index (Phi) is 4.30. The molecule has 1 fully saturated rings. The Bertz CT molecular complexity index is 395. The third-order valence-electron chi connectivity index (χ3n) is 3.60. The van der Waals surface area contributed by atoms with E-state index in [0.29, 0.717) is 18.8 Å². The summed E-state index contributed by atoms with van der Waals surface area (Å²) in [4.78, 5) is 14.1. The van der Waals surface area contributed by atoms with Gasteiger partial charge in [-0.1, -0.05) is 18.6 Å². The lowest BCUT2D eigenvalue weighted by molar-refractivity contribution is 0.0682. The Hall–Kier alpha value is -1.43. The van der Waals surface area contributed by atoms with Crippen LogP contribution in [0.1, 0.15) is 36.7 Å². The van der Waals surface area contributed by atoms with Crippen LogP contribution >= 0.6 is 0 Å². The first-order valence-electron chi connectivity index (χ1n) is 6.64. The van der Waals surface area contributed by atoms with Crippen LogP contribution in [0.15, 0.2) is 6.20 Å². The van der Waals surface area contributed by atoms with Crippen molar-refractivity contribution in [1.29, 1.82) is 0 Å². The number of nitrogens with zero attached hydrogens (tertiary/aromatic N) is 4. The minimum atomic E-state index is -0.00664. The SMILES string of the molecule is CCC1CCN(C(=O)c2cn(CCN)nn2)CC1. The minimum absolute atomic E-state index is 0.00664. The molecule has 1 aliphatic rings. The van der Waals surface area contributed by atoms with Crippen LogP contribution in [0.2, 0.25) is 0 Å². The summed E-state index contributed by atoms with van der Waals surface area (Å²) in [5.41, 5.74) is 5.86. The molecule has 1 amide bonds. The summed E-state index contributed by atoms with van der Waals surface area (Å²) in [5.74, 6) is 0.759. The van der Waals surface area contributed by atoms with Gasteiger partial charge < -0.3 is 10.6 Å². The monoisotopic (exact) mass is 251 g/mol. The van der Waals surface area contributed by atoms with Crippen LogP contribution in [-0.2, 0) is 6.54 Å². The summed E-state index contributed by atoms with van der Waals surface area (Å²) in [6.45, 7) is 4.97. The maximum absolute atomic E-state index is 12.2. The molecule has 0 aromatic carbocycles. The molecule has 0 atom stereocenters. The van der Waals surface area contributed by atoms with Crippen LogP contribution in [-0.4, -0.2) is 45.4 Å². The van der Waals surface area contributed by atoms with Gasteiger partial charge in [0.25, 0.3) is 5.91 Å². The van der Waals surface area contributed by atoms with Gasteiger partial charge in [-0.05, 0) is 18.8 Å². The van der Waals surface area contributed by atoms with Gasteiger partial charge in [0.15, 0.2) is 5.69 Å². The Morgan fingerprint density at radius 2 is 2.22 bits per heavy atom. The van der Waals surface area contributed by atoms with Crippen molar-refractivity contribution < 1.29 is 4.79 Å². The van der Waals surface area contributed by atoms with Crippen LogP contribution in [0.5, 0.6) is 0 Å². The molecule has 2 heterocycles. The number of amides is 1. The van der Waals surface area contributed by atoms with E-state index in [1.807, 2.05) is 4.90 Å². The van der Waals surface area contributed by atoms with E-state index in [0.717, 1.165) is 31.8 Å². The first kappa shape index (κ1) is 13.0. The number of hydrogen-bond acceptors (Lipinski definition) is 4. The minimum Gasteiger partial charge on any atom is -0.337 e. The molecule has 1 aromatic heterocycles. The molecule has 0 bridgehead atoms. The predicted molar refractivity (Wildman–Crippen MR) is 68.0 cm³/mol. The third-order valence-corrected chi connectivity index (χ3v) is 3.60. The smallest absolute Gasteiger partial charge is 0.276 e. The molecule has 2 rings (SSSR count). The number of likely N-dealkylation sites (tertiary alicyclic amines) is 1. The molecule has 1 aromatic rings. The van der Waals surface area contributed by atoms with E-state index >= 15 is 0 Å². The van der Waals surface area contributed by atoms with Gasteiger partial charge in [0.1, 0.15) is 0 Å². The van der Waals surface area contributed by atoms with Crippen LogP contribution in [0.4, 0.5) is 0 Å². The van der Waals surface area contributed by atoms with Crippen LogP contribution < -0.4 is 5.73 Å². The molecule has 18 heavy (non-hydrogen) atoms. The summed E-state index contributed by atoms with van der Waals surface area (Å²) in [6.07, 6.45) is 5.08. The number of aromatic nitrogens is 3. The number of nitrogens with two attached hydrogens (primary N) is 1. The standard InChI is InChI=1S/C12H21N5O/c1-2-10-3-6-16(7-4-10)12(18)11-9-17(8-5-13)15-14-11/h9-10H,2-8,13H2,1H3. The Balaban J connectivity index is 1.94. The van der Waals surface area contributed by atoms with E-state index in [1.165, 1.54) is 6.42 Å². The van der Waals surface area contributed by atoms with Crippen molar-refractivity contribution in [3.05, 3.63) is 11.9 Å². The van der Waals surface area contributed by atoms with Crippen molar-refractivity contribution in [2.75, 3.05) is 19.6 Å². The molecule has 1 saturated heterocycles. The summed E-state index contributed by atoms with van der Waals surface area (Å²) < 4.78 is 1.62. The summed E-state index contributed by atoms with van der Waals surface area (Å²) in [7, 11) is 0. The van der Waals surface area contributed by atoms with Crippen LogP contribution in [0.25, 0.3) is 0 Å². The van der Waals surface area contributed by atoms with Gasteiger partial charge in [0.05, 0.1) is 12.7 Å². The maximum atomic E-state index is 12.2. The molecule has 6 nitrogen and oxygen atoms in total. The molecule has 6 heteroatoms. The second-order valence-electron chi connectivity index (χ2n) is 4.80. The second-order valence-corrected chi connectivity index (χ2v) is 4.80. The zero-order valence-corrected chi connectivity index (χ0v) is 10.9. The first-order chi connectivity index (χ1) is 8.74. The Morgan fingerprint density at radius 1 is 1.50 bits per heavy atom. The fourth-order valence-corrected chi connectivity index (χ4v) is 2.34. The molecule has 0 radical (unpaired) electrons. The lowest BCUT2D eigenvalue weighted by Gasteiger charge is -2.30. The number of piperidine rings is 1. The molecule has 0 unspecified atom stereocenters. The van der Waals surface area contributed by atoms with Gasteiger partial charge in [-0.3, -0.25) is 9.48 Å². The van der Waals surface area contributed by atoms with Crippen molar-refractivity contribution in [2.45, 2.75) is 32.7 Å². The lowest BCUT2D eigenvalue weighted by atomic mass is 9.94. The van der Waals surface area contributed by atoms with Crippen molar-refractivity contribution >= 4 is 5.91 Å². The molecule has 100 valence electrons. The first-order valence-corrected chi connectivity index (χ1v) is 6.64. The van der Waals surface area contributed by atoms with E-state index in [4.69, 9.17) is 5.73 Å². The van der Waals surface area contributed by atoms with Crippen molar-refractivity contribution in [1.82, 2.24) is 19.9 Å². The quantitative estimate of drug-likeness (QED) is 0.845. The maximum Gasteiger partial charge on any atom is 0.276 e. The topological polar surface area (TPSA) is 77.0 Å². The van der Waals surface area contributed by atoms with E-state index in [2.05, 4.69) is 17.2 Å². The van der Waals surface area contributed by atoms with Crippen molar-refractivity contribution in [2.24, 2.45) is 11.7 Å². The van der Waals surface area contributed by atoms with E-state index in [-0.39, 0.29) is 5.91 Å². The third kappa shape index (κ3) is 2.87. The summed E-state index contributed by atoms with van der Waals surface area (Å²) in [5, 5.41) is 7.81. The molecule has 0 saturated carbocycles. The highest BCUT2D eigenvalue weighted by Crippen LogP contribution is 2.20. The molecule has 1 aliphatic heterocycles. The molecule has 0 spiro atoms. The molecular formula is C12H21N5O. The number of rotatable bonds is 4. The van der Waals surface area contributed by atoms with Gasteiger partial charge in [-0.25, -0.2) is 0 Å². The van der Waals surface area contributed by atoms with Crippen molar-refractivity contribution in [3.63, 3.8) is 0 Å². The average molecular weight is 251 g/mol. The summed E-state index contributed by atoms with van der Waals surface area (Å²) >= 11 is 0.